The number of aryl methyl sites for hydroxylation is 2. The van der Waals surface area contributed by atoms with E-state index in [1.54, 1.807) is 4.68 Å². The van der Waals surface area contributed by atoms with Gasteiger partial charge in [0.05, 0.1) is 5.69 Å². The molecule has 2 N–H and O–H groups in total. The second-order valence-corrected chi connectivity index (χ2v) is 3.88. The van der Waals surface area contributed by atoms with Gasteiger partial charge in [0, 0.05) is 31.6 Å². The van der Waals surface area contributed by atoms with E-state index >= 15 is 0 Å². The molecule has 0 aromatic carbocycles. The minimum absolute atomic E-state index is 0.0648. The van der Waals surface area contributed by atoms with Crippen molar-refractivity contribution in [2.24, 2.45) is 18.7 Å². The molecule has 0 radical (unpaired) electrons. The SMILES string of the molecule is CCc1cc(CC(=O)C(C)CN)n(C)n1. The first-order valence-corrected chi connectivity index (χ1v) is 5.33. The smallest absolute Gasteiger partial charge is 0.142 e. The van der Waals surface area contributed by atoms with Crippen LogP contribution in [0.2, 0.25) is 0 Å². The van der Waals surface area contributed by atoms with Crippen LogP contribution in [0.5, 0.6) is 0 Å². The van der Waals surface area contributed by atoms with E-state index < -0.39 is 0 Å². The van der Waals surface area contributed by atoms with Crippen molar-refractivity contribution < 1.29 is 4.79 Å². The van der Waals surface area contributed by atoms with Gasteiger partial charge in [-0.05, 0) is 12.5 Å². The van der Waals surface area contributed by atoms with E-state index in [9.17, 15) is 4.79 Å². The third-order valence-corrected chi connectivity index (χ3v) is 2.65. The Morgan fingerprint density at radius 2 is 2.33 bits per heavy atom. The summed E-state index contributed by atoms with van der Waals surface area (Å²) in [6.45, 7) is 4.33. The minimum Gasteiger partial charge on any atom is -0.330 e. The summed E-state index contributed by atoms with van der Waals surface area (Å²) in [5.74, 6) is 0.119. The van der Waals surface area contributed by atoms with Gasteiger partial charge < -0.3 is 5.73 Å². The number of ketones is 1. The monoisotopic (exact) mass is 209 g/mol. The molecule has 0 saturated carbocycles. The Labute approximate surface area is 90.5 Å². The van der Waals surface area contributed by atoms with Gasteiger partial charge in [0.2, 0.25) is 0 Å². The molecular formula is C11H19N3O. The third kappa shape index (κ3) is 2.89. The normalized spacial score (nSPS) is 12.8. The molecular weight excluding hydrogens is 190 g/mol. The van der Waals surface area contributed by atoms with E-state index in [1.807, 2.05) is 20.0 Å². The van der Waals surface area contributed by atoms with E-state index in [4.69, 9.17) is 5.73 Å². The van der Waals surface area contributed by atoms with Gasteiger partial charge in [0.15, 0.2) is 0 Å². The van der Waals surface area contributed by atoms with Crippen LogP contribution in [0.3, 0.4) is 0 Å². The van der Waals surface area contributed by atoms with Crippen LogP contribution in [0.1, 0.15) is 25.2 Å². The van der Waals surface area contributed by atoms with E-state index in [0.717, 1.165) is 17.8 Å². The van der Waals surface area contributed by atoms with Crippen LogP contribution in [0.4, 0.5) is 0 Å². The summed E-state index contributed by atoms with van der Waals surface area (Å²) < 4.78 is 1.78. The highest BCUT2D eigenvalue weighted by atomic mass is 16.1. The molecule has 15 heavy (non-hydrogen) atoms. The van der Waals surface area contributed by atoms with Crippen molar-refractivity contribution in [2.75, 3.05) is 6.54 Å². The van der Waals surface area contributed by atoms with E-state index in [-0.39, 0.29) is 11.7 Å². The largest absolute Gasteiger partial charge is 0.330 e. The van der Waals surface area contributed by atoms with Crippen molar-refractivity contribution in [1.29, 1.82) is 0 Å². The van der Waals surface area contributed by atoms with Gasteiger partial charge in [-0.2, -0.15) is 5.10 Å². The molecule has 0 aliphatic carbocycles. The van der Waals surface area contributed by atoms with Gasteiger partial charge >= 0.3 is 0 Å². The zero-order valence-corrected chi connectivity index (χ0v) is 9.66. The maximum absolute atomic E-state index is 11.7. The number of nitrogens with zero attached hydrogens (tertiary/aromatic N) is 2. The maximum Gasteiger partial charge on any atom is 0.142 e. The molecule has 0 spiro atoms. The number of nitrogens with two attached hydrogens (primary N) is 1. The number of Topliss-reactive ketones (excluding diaryl/α,β-unsaturated/α-hetero) is 1. The van der Waals surface area contributed by atoms with E-state index in [2.05, 4.69) is 12.0 Å². The number of aromatic nitrogens is 2. The lowest BCUT2D eigenvalue weighted by atomic mass is 10.0. The number of hydrogen-bond donors (Lipinski definition) is 1. The Morgan fingerprint density at radius 3 is 2.80 bits per heavy atom. The molecule has 1 heterocycles. The van der Waals surface area contributed by atoms with Crippen molar-refractivity contribution in [2.45, 2.75) is 26.7 Å². The van der Waals surface area contributed by atoms with Crippen LogP contribution in [0.25, 0.3) is 0 Å². The average Bonchev–Trinajstić information content (AvgIpc) is 2.58. The van der Waals surface area contributed by atoms with Gasteiger partial charge in [-0.15, -0.1) is 0 Å². The molecule has 1 unspecified atom stereocenters. The summed E-state index contributed by atoms with van der Waals surface area (Å²) in [5.41, 5.74) is 7.45. The first kappa shape index (κ1) is 11.9. The number of hydrogen-bond acceptors (Lipinski definition) is 3. The van der Waals surface area contributed by atoms with Crippen LogP contribution in [0.15, 0.2) is 6.07 Å². The van der Waals surface area contributed by atoms with Gasteiger partial charge in [0.1, 0.15) is 5.78 Å². The third-order valence-electron chi connectivity index (χ3n) is 2.65. The molecule has 4 heteroatoms. The van der Waals surface area contributed by atoms with E-state index in [1.165, 1.54) is 0 Å². The highest BCUT2D eigenvalue weighted by Gasteiger charge is 2.14. The Hall–Kier alpha value is -1.16. The summed E-state index contributed by atoms with van der Waals surface area (Å²) in [7, 11) is 1.87. The second kappa shape index (κ2) is 5.07. The zero-order chi connectivity index (χ0) is 11.4. The zero-order valence-electron chi connectivity index (χ0n) is 9.66. The van der Waals surface area contributed by atoms with Crippen molar-refractivity contribution in [3.05, 3.63) is 17.5 Å². The minimum atomic E-state index is -0.0648. The molecule has 0 amide bonds. The summed E-state index contributed by atoms with van der Waals surface area (Å²) >= 11 is 0. The van der Waals surface area contributed by atoms with Crippen LogP contribution < -0.4 is 5.73 Å². The van der Waals surface area contributed by atoms with Crippen molar-refractivity contribution in [3.63, 3.8) is 0 Å². The van der Waals surface area contributed by atoms with Gasteiger partial charge in [-0.1, -0.05) is 13.8 Å². The van der Waals surface area contributed by atoms with Gasteiger partial charge in [-0.3, -0.25) is 9.48 Å². The Kier molecular flexibility index (Phi) is 4.03. The highest BCUT2D eigenvalue weighted by molar-refractivity contribution is 5.82. The van der Waals surface area contributed by atoms with E-state index in [0.29, 0.717) is 13.0 Å². The molecule has 1 aromatic heterocycles. The molecule has 84 valence electrons. The lowest BCUT2D eigenvalue weighted by Crippen LogP contribution is -2.22. The molecule has 1 atom stereocenters. The summed E-state index contributed by atoms with van der Waals surface area (Å²) in [6.07, 6.45) is 1.33. The fourth-order valence-electron chi connectivity index (χ4n) is 1.39. The van der Waals surface area contributed by atoms with Gasteiger partial charge in [0.25, 0.3) is 0 Å². The Bertz CT molecular complexity index is 344. The van der Waals surface area contributed by atoms with Crippen LogP contribution >= 0.6 is 0 Å². The number of carbonyl (C=O) groups is 1. The van der Waals surface area contributed by atoms with Gasteiger partial charge in [-0.25, -0.2) is 0 Å². The first-order chi connectivity index (χ1) is 7.08. The standard InChI is InChI=1S/C11H19N3O/c1-4-9-5-10(14(3)13-9)6-11(15)8(2)7-12/h5,8H,4,6-7,12H2,1-3H3. The molecule has 0 aliphatic rings. The average molecular weight is 209 g/mol. The second-order valence-electron chi connectivity index (χ2n) is 3.88. The van der Waals surface area contributed by atoms with Crippen LogP contribution in [0, 0.1) is 5.92 Å². The Balaban J connectivity index is 2.71. The lowest BCUT2D eigenvalue weighted by molar-refractivity contribution is -0.121. The highest BCUT2D eigenvalue weighted by Crippen LogP contribution is 2.07. The van der Waals surface area contributed by atoms with Crippen molar-refractivity contribution >= 4 is 5.78 Å². The molecule has 0 bridgehead atoms. The molecule has 4 nitrogen and oxygen atoms in total. The first-order valence-electron chi connectivity index (χ1n) is 5.33. The molecule has 0 aliphatic heterocycles. The Morgan fingerprint density at radius 1 is 1.67 bits per heavy atom. The molecule has 0 fully saturated rings. The van der Waals surface area contributed by atoms with Crippen molar-refractivity contribution in [3.8, 4) is 0 Å². The predicted octanol–water partition coefficient (Wildman–Crippen LogP) is 0.689. The van der Waals surface area contributed by atoms with Crippen LogP contribution in [-0.2, 0) is 24.7 Å². The summed E-state index contributed by atoms with van der Waals surface area (Å²) in [4.78, 5) is 11.7. The van der Waals surface area contributed by atoms with Crippen LogP contribution in [-0.4, -0.2) is 22.1 Å². The molecule has 1 aromatic rings. The number of carbonyl (C=O) groups excluding carboxylic acids is 1. The summed E-state index contributed by atoms with van der Waals surface area (Å²) in [6, 6.07) is 1.99. The quantitative estimate of drug-likeness (QED) is 0.776. The lowest BCUT2D eigenvalue weighted by Gasteiger charge is -2.06. The number of rotatable bonds is 5. The fraction of sp³-hybridized carbons (Fsp3) is 0.636. The topological polar surface area (TPSA) is 60.9 Å². The molecule has 1 rings (SSSR count). The summed E-state index contributed by atoms with van der Waals surface area (Å²) in [5, 5.41) is 4.30. The van der Waals surface area contributed by atoms with Crippen molar-refractivity contribution in [1.82, 2.24) is 9.78 Å². The predicted molar refractivity (Wildman–Crippen MR) is 59.5 cm³/mol. The molecule has 0 saturated heterocycles. The fourth-order valence-corrected chi connectivity index (χ4v) is 1.39. The maximum atomic E-state index is 11.7.